The normalized spacial score (nSPS) is 12.4. The molecule has 1 amide bonds. The van der Waals surface area contributed by atoms with Crippen LogP contribution in [0.4, 0.5) is 0 Å². The van der Waals surface area contributed by atoms with Crippen LogP contribution in [0.5, 0.6) is 0 Å². The molecule has 0 saturated carbocycles. The quantitative estimate of drug-likeness (QED) is 0.630. The topological polar surface area (TPSA) is 110 Å². The average molecular weight is 385 g/mol. The van der Waals surface area contributed by atoms with Crippen molar-refractivity contribution in [1.29, 1.82) is 0 Å². The van der Waals surface area contributed by atoms with Gasteiger partial charge in [-0.15, -0.1) is 0 Å². The second-order valence-corrected chi connectivity index (χ2v) is 7.03. The van der Waals surface area contributed by atoms with E-state index in [-0.39, 0.29) is 19.3 Å². The highest BCUT2D eigenvalue weighted by Gasteiger charge is 2.20. The van der Waals surface area contributed by atoms with Crippen molar-refractivity contribution < 1.29 is 23.5 Å². The maximum Gasteiger partial charge on any atom is 0.339 e. The van der Waals surface area contributed by atoms with Crippen LogP contribution in [0.3, 0.4) is 0 Å². The first-order valence-corrected chi connectivity index (χ1v) is 9.20. The van der Waals surface area contributed by atoms with Gasteiger partial charge in [0, 0.05) is 28.3 Å². The summed E-state index contributed by atoms with van der Waals surface area (Å²) in [6.45, 7) is 7.31. The van der Waals surface area contributed by atoms with E-state index in [0.717, 1.165) is 27.5 Å². The fourth-order valence-electron chi connectivity index (χ4n) is 3.45. The van der Waals surface area contributed by atoms with Crippen LogP contribution in [0.25, 0.3) is 21.9 Å². The van der Waals surface area contributed by atoms with Gasteiger partial charge in [-0.3, -0.25) is 4.79 Å². The third-order valence-corrected chi connectivity index (χ3v) is 5.18. The Balaban J connectivity index is 1.95. The summed E-state index contributed by atoms with van der Waals surface area (Å²) in [7, 11) is 0. The Hall–Kier alpha value is -3.09. The molecule has 0 radical (unpaired) electrons. The molecule has 0 bridgehead atoms. The van der Waals surface area contributed by atoms with Gasteiger partial charge in [0.15, 0.2) is 0 Å². The number of carboxylic acid groups (broad SMARTS) is 1. The third kappa shape index (κ3) is 3.40. The molecule has 3 aromatic rings. The zero-order valence-corrected chi connectivity index (χ0v) is 16.3. The van der Waals surface area contributed by atoms with E-state index in [1.165, 1.54) is 0 Å². The predicted octanol–water partition coefficient (Wildman–Crippen LogP) is 3.38. The van der Waals surface area contributed by atoms with Gasteiger partial charge in [0.25, 0.3) is 0 Å². The van der Waals surface area contributed by atoms with Crippen molar-refractivity contribution in [3.8, 4) is 0 Å². The highest BCUT2D eigenvalue weighted by atomic mass is 16.4. The minimum Gasteiger partial charge on any atom is -0.480 e. The van der Waals surface area contributed by atoms with Crippen LogP contribution in [0, 0.1) is 20.8 Å². The van der Waals surface area contributed by atoms with Gasteiger partial charge < -0.3 is 19.3 Å². The number of rotatable bonds is 6. The molecule has 0 aliphatic heterocycles. The van der Waals surface area contributed by atoms with E-state index in [1.807, 2.05) is 26.8 Å². The lowest BCUT2D eigenvalue weighted by atomic mass is 9.98. The van der Waals surface area contributed by atoms with Crippen LogP contribution in [0.1, 0.15) is 42.0 Å². The van der Waals surface area contributed by atoms with Crippen LogP contribution in [0.2, 0.25) is 0 Å². The Labute approximate surface area is 161 Å². The molecule has 2 heterocycles. The molecule has 2 aromatic heterocycles. The van der Waals surface area contributed by atoms with Crippen molar-refractivity contribution in [2.45, 2.75) is 53.0 Å². The Kier molecular flexibility index (Phi) is 5.27. The maximum atomic E-state index is 12.5. The number of hydrogen-bond acceptors (Lipinski definition) is 5. The largest absolute Gasteiger partial charge is 0.480 e. The number of carbonyl (C=O) groups is 2. The van der Waals surface area contributed by atoms with Gasteiger partial charge in [-0.25, -0.2) is 9.59 Å². The zero-order valence-electron chi connectivity index (χ0n) is 16.3. The number of carboxylic acids is 1. The van der Waals surface area contributed by atoms with Crippen LogP contribution < -0.4 is 10.9 Å². The Morgan fingerprint density at radius 1 is 1.14 bits per heavy atom. The molecule has 7 heteroatoms. The Morgan fingerprint density at radius 2 is 1.86 bits per heavy atom. The number of fused-ring (bicyclic) bond motifs is 2. The van der Waals surface area contributed by atoms with Crippen LogP contribution >= 0.6 is 0 Å². The van der Waals surface area contributed by atoms with E-state index in [2.05, 4.69) is 5.32 Å². The number of aryl methyl sites for hydroxylation is 3. The van der Waals surface area contributed by atoms with Crippen molar-refractivity contribution in [3.05, 3.63) is 45.0 Å². The highest BCUT2D eigenvalue weighted by molar-refractivity contribution is 5.99. The van der Waals surface area contributed by atoms with E-state index >= 15 is 0 Å². The van der Waals surface area contributed by atoms with Gasteiger partial charge in [-0.2, -0.15) is 0 Å². The summed E-state index contributed by atoms with van der Waals surface area (Å²) in [5, 5.41) is 13.3. The molecule has 0 spiro atoms. The summed E-state index contributed by atoms with van der Waals surface area (Å²) in [6.07, 6.45) is 2.14. The standard InChI is InChI=1S/C21H23NO6/c1-5-16(20(24)25)22-17(23)7-6-13-11(3)15-8-14-10(2)9-27-18(14)12(4)19(15)28-21(13)26/h8-9,16H,5-7H2,1-4H3,(H,22,23)(H,24,25)/t16-/m1/s1. The molecule has 0 saturated heterocycles. The Morgan fingerprint density at radius 3 is 2.50 bits per heavy atom. The molecule has 3 rings (SSSR count). The number of amides is 1. The molecular formula is C21H23NO6. The van der Waals surface area contributed by atoms with Crippen molar-refractivity contribution in [1.82, 2.24) is 5.32 Å². The van der Waals surface area contributed by atoms with Crippen molar-refractivity contribution in [2.24, 2.45) is 0 Å². The van der Waals surface area contributed by atoms with Gasteiger partial charge in [-0.05, 0) is 50.8 Å². The maximum absolute atomic E-state index is 12.5. The van der Waals surface area contributed by atoms with Crippen molar-refractivity contribution in [2.75, 3.05) is 0 Å². The SMILES string of the molecule is CC[C@@H](NC(=O)CCc1c(C)c2cc3c(C)coc3c(C)c2oc1=O)C(=O)O. The molecule has 0 aliphatic rings. The third-order valence-electron chi connectivity index (χ3n) is 5.18. The summed E-state index contributed by atoms with van der Waals surface area (Å²) in [4.78, 5) is 35.7. The Bertz CT molecular complexity index is 1140. The molecule has 7 nitrogen and oxygen atoms in total. The van der Waals surface area contributed by atoms with Crippen LogP contribution in [0.15, 0.2) is 26.0 Å². The summed E-state index contributed by atoms with van der Waals surface area (Å²) in [6, 6.07) is 1.01. The number of hydrogen-bond donors (Lipinski definition) is 2. The number of nitrogens with one attached hydrogen (secondary N) is 1. The first-order valence-electron chi connectivity index (χ1n) is 9.20. The van der Waals surface area contributed by atoms with Gasteiger partial charge >= 0.3 is 11.6 Å². The molecule has 1 aromatic carbocycles. The minimum absolute atomic E-state index is 0.00680. The minimum atomic E-state index is -1.08. The fourth-order valence-corrected chi connectivity index (χ4v) is 3.45. The van der Waals surface area contributed by atoms with Gasteiger partial charge in [0.1, 0.15) is 17.2 Å². The summed E-state index contributed by atoms with van der Waals surface area (Å²) >= 11 is 0. The molecule has 0 fully saturated rings. The van der Waals surface area contributed by atoms with Gasteiger partial charge in [0.2, 0.25) is 5.91 Å². The van der Waals surface area contributed by atoms with Gasteiger partial charge in [0.05, 0.1) is 6.26 Å². The smallest absolute Gasteiger partial charge is 0.339 e. The lowest BCUT2D eigenvalue weighted by Crippen LogP contribution is -2.40. The first kappa shape index (κ1) is 19.7. The summed E-state index contributed by atoms with van der Waals surface area (Å²) < 4.78 is 11.1. The molecule has 148 valence electrons. The molecule has 1 atom stereocenters. The van der Waals surface area contributed by atoms with Crippen molar-refractivity contribution >= 4 is 33.8 Å². The summed E-state index contributed by atoms with van der Waals surface area (Å²) in [5.74, 6) is -1.49. The monoisotopic (exact) mass is 385 g/mol. The molecule has 0 unspecified atom stereocenters. The predicted molar refractivity (Wildman–Crippen MR) is 105 cm³/mol. The number of furan rings is 1. The summed E-state index contributed by atoms with van der Waals surface area (Å²) in [5.41, 5.74) is 3.62. The van der Waals surface area contributed by atoms with Crippen LogP contribution in [-0.2, 0) is 16.0 Å². The number of benzene rings is 1. The number of carbonyl (C=O) groups excluding carboxylic acids is 1. The average Bonchev–Trinajstić information content (AvgIpc) is 3.01. The highest BCUT2D eigenvalue weighted by Crippen LogP contribution is 2.32. The second-order valence-electron chi connectivity index (χ2n) is 7.03. The lowest BCUT2D eigenvalue weighted by molar-refractivity contribution is -0.141. The lowest BCUT2D eigenvalue weighted by Gasteiger charge is -2.13. The van der Waals surface area contributed by atoms with Gasteiger partial charge in [-0.1, -0.05) is 6.92 Å². The van der Waals surface area contributed by atoms with Crippen molar-refractivity contribution in [3.63, 3.8) is 0 Å². The molecule has 2 N–H and O–H groups in total. The van der Waals surface area contributed by atoms with E-state index < -0.39 is 23.5 Å². The second kappa shape index (κ2) is 7.50. The van der Waals surface area contributed by atoms with E-state index in [0.29, 0.717) is 16.7 Å². The molecular weight excluding hydrogens is 362 g/mol. The zero-order chi connectivity index (χ0) is 20.6. The molecule has 0 aliphatic carbocycles. The van der Waals surface area contributed by atoms with Crippen LogP contribution in [-0.4, -0.2) is 23.0 Å². The number of aliphatic carboxylic acids is 1. The molecule has 28 heavy (non-hydrogen) atoms. The van der Waals surface area contributed by atoms with E-state index in [4.69, 9.17) is 13.9 Å². The fraction of sp³-hybridized carbons (Fsp3) is 0.381. The first-order chi connectivity index (χ1) is 13.2. The van der Waals surface area contributed by atoms with E-state index in [9.17, 15) is 14.4 Å². The van der Waals surface area contributed by atoms with E-state index in [1.54, 1.807) is 13.2 Å².